The number of carbonyl (C=O) groups is 1. The van der Waals surface area contributed by atoms with E-state index in [1.807, 2.05) is 53.9 Å². The zero-order valence-corrected chi connectivity index (χ0v) is 18.5. The third-order valence-electron chi connectivity index (χ3n) is 4.43. The van der Waals surface area contributed by atoms with Gasteiger partial charge in [0.15, 0.2) is 0 Å². The van der Waals surface area contributed by atoms with Gasteiger partial charge in [-0.1, -0.05) is 41.9 Å². The van der Waals surface area contributed by atoms with Gasteiger partial charge in [0.2, 0.25) is 0 Å². The highest BCUT2D eigenvalue weighted by atomic mass is 35.5. The molecule has 0 aliphatic heterocycles. The van der Waals surface area contributed by atoms with Gasteiger partial charge in [0, 0.05) is 28.4 Å². The quantitative estimate of drug-likeness (QED) is 0.355. The van der Waals surface area contributed by atoms with Crippen molar-refractivity contribution in [3.05, 3.63) is 76.5 Å². The van der Waals surface area contributed by atoms with Gasteiger partial charge in [-0.25, -0.2) is 19.7 Å². The molecular formula is C23H19ClN4O2S. The van der Waals surface area contributed by atoms with E-state index < -0.39 is 5.97 Å². The SMILES string of the molecule is CCOC(=O)c1cnc(C)nc1Nc1cccc(-c2csc(-c3ccccc3Cl)n2)c1. The molecule has 0 fully saturated rings. The van der Waals surface area contributed by atoms with Crippen LogP contribution >= 0.6 is 22.9 Å². The van der Waals surface area contributed by atoms with Crippen LogP contribution in [0.15, 0.2) is 60.1 Å². The van der Waals surface area contributed by atoms with Gasteiger partial charge in [-0.15, -0.1) is 11.3 Å². The van der Waals surface area contributed by atoms with Gasteiger partial charge in [0.25, 0.3) is 0 Å². The molecule has 0 atom stereocenters. The molecule has 0 amide bonds. The fourth-order valence-corrected chi connectivity index (χ4v) is 4.13. The summed E-state index contributed by atoms with van der Waals surface area (Å²) >= 11 is 7.85. The molecule has 0 radical (unpaired) electrons. The fraction of sp³-hybridized carbons (Fsp3) is 0.130. The second-order valence-electron chi connectivity index (χ2n) is 6.62. The number of hydrogen-bond donors (Lipinski definition) is 1. The molecule has 31 heavy (non-hydrogen) atoms. The van der Waals surface area contributed by atoms with Crippen molar-refractivity contribution in [1.82, 2.24) is 15.0 Å². The molecule has 2 aromatic carbocycles. The van der Waals surface area contributed by atoms with Crippen LogP contribution in [0.2, 0.25) is 5.02 Å². The molecule has 6 nitrogen and oxygen atoms in total. The van der Waals surface area contributed by atoms with E-state index in [4.69, 9.17) is 21.3 Å². The Bertz CT molecular complexity index is 1240. The average molecular weight is 451 g/mol. The Labute approximate surface area is 188 Å². The van der Waals surface area contributed by atoms with Crippen molar-refractivity contribution < 1.29 is 9.53 Å². The first-order valence-corrected chi connectivity index (χ1v) is 10.9. The number of nitrogens with one attached hydrogen (secondary N) is 1. The Morgan fingerprint density at radius 3 is 2.81 bits per heavy atom. The van der Waals surface area contributed by atoms with E-state index in [-0.39, 0.29) is 12.2 Å². The van der Waals surface area contributed by atoms with Crippen LogP contribution < -0.4 is 5.32 Å². The Balaban J connectivity index is 1.63. The predicted octanol–water partition coefficient (Wildman–Crippen LogP) is 6.15. The van der Waals surface area contributed by atoms with Gasteiger partial charge in [-0.05, 0) is 32.0 Å². The van der Waals surface area contributed by atoms with E-state index in [2.05, 4.69) is 15.3 Å². The number of ether oxygens (including phenoxy) is 1. The highest BCUT2D eigenvalue weighted by Crippen LogP contribution is 2.34. The van der Waals surface area contributed by atoms with Gasteiger partial charge in [0.05, 0.1) is 17.3 Å². The maximum atomic E-state index is 12.3. The zero-order valence-electron chi connectivity index (χ0n) is 16.9. The van der Waals surface area contributed by atoms with Crippen molar-refractivity contribution in [3.8, 4) is 21.8 Å². The smallest absolute Gasteiger partial charge is 0.343 e. The van der Waals surface area contributed by atoms with E-state index in [9.17, 15) is 4.79 Å². The number of carbonyl (C=O) groups excluding carboxylic acids is 1. The molecular weight excluding hydrogens is 432 g/mol. The minimum atomic E-state index is -0.468. The van der Waals surface area contributed by atoms with Gasteiger partial charge in [0.1, 0.15) is 22.2 Å². The Kier molecular flexibility index (Phi) is 6.25. The lowest BCUT2D eigenvalue weighted by atomic mass is 10.1. The van der Waals surface area contributed by atoms with Crippen LogP contribution in [0.1, 0.15) is 23.1 Å². The summed E-state index contributed by atoms with van der Waals surface area (Å²) < 4.78 is 5.12. The first kappa shape index (κ1) is 21.0. The molecule has 1 N–H and O–H groups in total. The molecule has 0 aliphatic carbocycles. The largest absolute Gasteiger partial charge is 0.462 e. The van der Waals surface area contributed by atoms with Gasteiger partial charge in [-0.2, -0.15) is 0 Å². The summed E-state index contributed by atoms with van der Waals surface area (Å²) in [7, 11) is 0. The molecule has 0 unspecified atom stereocenters. The molecule has 4 aromatic rings. The number of benzene rings is 2. The first-order chi connectivity index (χ1) is 15.0. The van der Waals surface area contributed by atoms with E-state index in [0.717, 1.165) is 27.5 Å². The lowest BCUT2D eigenvalue weighted by Crippen LogP contribution is -2.11. The number of thiazole rings is 1. The van der Waals surface area contributed by atoms with Crippen molar-refractivity contribution >= 4 is 40.4 Å². The molecule has 8 heteroatoms. The van der Waals surface area contributed by atoms with Crippen LogP contribution in [-0.4, -0.2) is 27.5 Å². The topological polar surface area (TPSA) is 77.0 Å². The van der Waals surface area contributed by atoms with Crippen LogP contribution in [0.25, 0.3) is 21.8 Å². The Morgan fingerprint density at radius 1 is 1.16 bits per heavy atom. The summed E-state index contributed by atoms with van der Waals surface area (Å²) in [5.41, 5.74) is 3.74. The Hall–Kier alpha value is -3.29. The lowest BCUT2D eigenvalue weighted by molar-refractivity contribution is 0.0526. The van der Waals surface area contributed by atoms with Crippen LogP contribution in [-0.2, 0) is 4.74 Å². The Morgan fingerprint density at radius 2 is 2.00 bits per heavy atom. The molecule has 0 saturated carbocycles. The normalized spacial score (nSPS) is 10.7. The van der Waals surface area contributed by atoms with Crippen molar-refractivity contribution in [1.29, 1.82) is 0 Å². The van der Waals surface area contributed by atoms with Crippen molar-refractivity contribution in [2.45, 2.75) is 13.8 Å². The molecule has 2 aromatic heterocycles. The zero-order chi connectivity index (χ0) is 21.8. The standard InChI is InChI=1S/C23H19ClN4O2S/c1-3-30-23(29)18-12-25-14(2)26-21(18)27-16-8-6-7-15(11-16)20-13-31-22(28-20)17-9-4-5-10-19(17)24/h4-13H,3H2,1-2H3,(H,25,26,27). The summed E-state index contributed by atoms with van der Waals surface area (Å²) in [5, 5.41) is 6.74. The number of nitrogens with zero attached hydrogens (tertiary/aromatic N) is 3. The highest BCUT2D eigenvalue weighted by molar-refractivity contribution is 7.13. The summed E-state index contributed by atoms with van der Waals surface area (Å²) in [6.07, 6.45) is 1.48. The third-order valence-corrected chi connectivity index (χ3v) is 5.64. The number of halogens is 1. The first-order valence-electron chi connectivity index (χ1n) is 9.64. The second-order valence-corrected chi connectivity index (χ2v) is 7.89. The number of rotatable bonds is 6. The van der Waals surface area contributed by atoms with Gasteiger partial charge >= 0.3 is 5.97 Å². The van der Waals surface area contributed by atoms with Crippen LogP contribution in [0.5, 0.6) is 0 Å². The highest BCUT2D eigenvalue weighted by Gasteiger charge is 2.16. The minimum absolute atomic E-state index is 0.277. The van der Waals surface area contributed by atoms with Crippen molar-refractivity contribution in [2.75, 3.05) is 11.9 Å². The lowest BCUT2D eigenvalue weighted by Gasteiger charge is -2.11. The number of hydrogen-bond acceptors (Lipinski definition) is 7. The molecule has 0 saturated heterocycles. The van der Waals surface area contributed by atoms with E-state index in [0.29, 0.717) is 16.7 Å². The maximum Gasteiger partial charge on any atom is 0.343 e. The molecule has 156 valence electrons. The number of aryl methyl sites for hydroxylation is 1. The molecule has 0 aliphatic rings. The fourth-order valence-electron chi connectivity index (χ4n) is 2.98. The third kappa shape index (κ3) is 4.73. The molecule has 0 spiro atoms. The minimum Gasteiger partial charge on any atom is -0.462 e. The predicted molar refractivity (Wildman–Crippen MR) is 124 cm³/mol. The average Bonchev–Trinajstić information content (AvgIpc) is 3.25. The summed E-state index contributed by atoms with van der Waals surface area (Å²) in [5.74, 6) is 0.485. The van der Waals surface area contributed by atoms with Crippen molar-refractivity contribution in [2.24, 2.45) is 0 Å². The molecule has 0 bridgehead atoms. The summed E-state index contributed by atoms with van der Waals surface area (Å²) in [6, 6.07) is 15.4. The van der Waals surface area contributed by atoms with E-state index in [1.54, 1.807) is 13.8 Å². The number of esters is 1. The number of anilines is 2. The second kappa shape index (κ2) is 9.24. The maximum absolute atomic E-state index is 12.3. The van der Waals surface area contributed by atoms with E-state index in [1.165, 1.54) is 17.5 Å². The van der Waals surface area contributed by atoms with Crippen LogP contribution in [0.3, 0.4) is 0 Å². The summed E-state index contributed by atoms with van der Waals surface area (Å²) in [6.45, 7) is 3.80. The molecule has 2 heterocycles. The van der Waals surface area contributed by atoms with Crippen LogP contribution in [0, 0.1) is 6.92 Å². The summed E-state index contributed by atoms with van der Waals surface area (Å²) in [4.78, 5) is 25.5. The van der Waals surface area contributed by atoms with Gasteiger partial charge in [-0.3, -0.25) is 0 Å². The molecule has 4 rings (SSSR count). The van der Waals surface area contributed by atoms with Crippen molar-refractivity contribution in [3.63, 3.8) is 0 Å². The van der Waals surface area contributed by atoms with E-state index >= 15 is 0 Å². The number of aromatic nitrogens is 3. The van der Waals surface area contributed by atoms with Gasteiger partial charge < -0.3 is 10.1 Å². The monoisotopic (exact) mass is 450 g/mol. The van der Waals surface area contributed by atoms with Crippen LogP contribution in [0.4, 0.5) is 11.5 Å².